The number of carbonyl (C=O) groups excluding carboxylic acids is 3. The smallest absolute Gasteiger partial charge is 0.291 e. The molecule has 0 radical (unpaired) electrons. The van der Waals surface area contributed by atoms with E-state index in [1.54, 1.807) is 31.2 Å². The molecule has 30 heavy (non-hydrogen) atoms. The molecule has 9 heteroatoms. The van der Waals surface area contributed by atoms with Crippen molar-refractivity contribution in [3.63, 3.8) is 0 Å². The fraction of sp³-hybridized carbons (Fsp3) is 0.286. The maximum Gasteiger partial charge on any atom is 0.291 e. The van der Waals surface area contributed by atoms with Gasteiger partial charge in [-0.2, -0.15) is 0 Å². The number of anilines is 2. The van der Waals surface area contributed by atoms with Crippen LogP contribution in [0, 0.1) is 28.9 Å². The molecule has 2 aromatic carbocycles. The fourth-order valence-electron chi connectivity index (χ4n) is 5.29. The van der Waals surface area contributed by atoms with Crippen molar-refractivity contribution < 1.29 is 24.6 Å². The van der Waals surface area contributed by atoms with Crippen LogP contribution in [0.25, 0.3) is 0 Å². The Hall–Kier alpha value is -3.59. The summed E-state index contributed by atoms with van der Waals surface area (Å²) in [5.74, 6) is -2.83. The number of hydrogen-bond donors (Lipinski definition) is 2. The Kier molecular flexibility index (Phi) is 3.66. The number of hydrogen-bond acceptors (Lipinski definition) is 5. The number of rotatable bonds is 2. The molecule has 3 aliphatic heterocycles. The summed E-state index contributed by atoms with van der Waals surface area (Å²) < 4.78 is 0. The molecule has 9 nitrogen and oxygen atoms in total. The maximum absolute atomic E-state index is 13.6. The predicted molar refractivity (Wildman–Crippen MR) is 105 cm³/mol. The zero-order valence-corrected chi connectivity index (χ0v) is 16.3. The van der Waals surface area contributed by atoms with Gasteiger partial charge in [-0.05, 0) is 25.5 Å². The lowest BCUT2D eigenvalue weighted by atomic mass is 9.76. The van der Waals surface area contributed by atoms with Crippen molar-refractivity contribution in [3.8, 4) is 0 Å². The number of non-ortho nitro benzene ring substituents is 1. The number of benzene rings is 2. The van der Waals surface area contributed by atoms with Crippen molar-refractivity contribution in [2.75, 3.05) is 10.2 Å². The number of nitrogens with zero attached hydrogens (tertiary/aromatic N) is 2. The zero-order valence-electron chi connectivity index (χ0n) is 16.3. The van der Waals surface area contributed by atoms with E-state index in [-0.39, 0.29) is 23.3 Å². The third-order valence-electron chi connectivity index (χ3n) is 6.57. The van der Waals surface area contributed by atoms with Crippen LogP contribution < -0.4 is 15.5 Å². The lowest BCUT2D eigenvalue weighted by molar-refractivity contribution is -0.730. The van der Waals surface area contributed by atoms with E-state index in [0.717, 1.165) is 4.90 Å². The van der Waals surface area contributed by atoms with Crippen LogP contribution in [-0.4, -0.2) is 28.7 Å². The molecule has 0 saturated carbocycles. The summed E-state index contributed by atoms with van der Waals surface area (Å²) in [6, 6.07) is 11.0. The van der Waals surface area contributed by atoms with Crippen molar-refractivity contribution in [1.29, 1.82) is 0 Å². The number of amides is 3. The molecule has 0 aromatic heterocycles. The van der Waals surface area contributed by atoms with Crippen molar-refractivity contribution in [3.05, 3.63) is 63.7 Å². The van der Waals surface area contributed by atoms with Crippen LogP contribution in [0.5, 0.6) is 0 Å². The van der Waals surface area contributed by atoms with Gasteiger partial charge in [0.15, 0.2) is 0 Å². The number of aryl methyl sites for hydroxylation is 1. The van der Waals surface area contributed by atoms with Gasteiger partial charge < -0.3 is 10.6 Å². The van der Waals surface area contributed by atoms with Crippen molar-refractivity contribution >= 4 is 34.8 Å². The van der Waals surface area contributed by atoms with E-state index >= 15 is 0 Å². The second kappa shape index (κ2) is 5.96. The molecule has 3 aliphatic rings. The number of quaternary nitrogens is 1. The highest BCUT2D eigenvalue weighted by Crippen LogP contribution is 2.50. The van der Waals surface area contributed by atoms with Crippen LogP contribution in [-0.2, 0) is 19.9 Å². The van der Waals surface area contributed by atoms with E-state index in [9.17, 15) is 24.5 Å². The number of nitrogens with one attached hydrogen (secondary N) is 1. The van der Waals surface area contributed by atoms with Crippen LogP contribution >= 0.6 is 0 Å². The summed E-state index contributed by atoms with van der Waals surface area (Å²) in [7, 11) is 0. The van der Waals surface area contributed by atoms with Gasteiger partial charge in [-0.1, -0.05) is 24.3 Å². The molecule has 3 amide bonds. The number of nitrogens with two attached hydrogens (primary N) is 1. The Bertz CT molecular complexity index is 1160. The van der Waals surface area contributed by atoms with Crippen LogP contribution in [0.1, 0.15) is 18.1 Å². The number of carbonyl (C=O) groups is 3. The normalized spacial score (nSPS) is 29.3. The van der Waals surface area contributed by atoms with Crippen LogP contribution in [0.4, 0.5) is 17.1 Å². The van der Waals surface area contributed by atoms with E-state index in [4.69, 9.17) is 0 Å². The van der Waals surface area contributed by atoms with Gasteiger partial charge in [-0.25, -0.2) is 4.90 Å². The molecular weight excluding hydrogens is 388 g/mol. The molecule has 0 unspecified atom stereocenters. The third-order valence-corrected chi connectivity index (χ3v) is 6.57. The van der Waals surface area contributed by atoms with E-state index in [2.05, 4.69) is 5.32 Å². The Morgan fingerprint density at radius 1 is 1.13 bits per heavy atom. The number of fused-ring (bicyclic) bond motifs is 4. The van der Waals surface area contributed by atoms with Crippen molar-refractivity contribution in [2.45, 2.75) is 25.4 Å². The third kappa shape index (κ3) is 2.12. The van der Waals surface area contributed by atoms with Gasteiger partial charge >= 0.3 is 0 Å². The standard InChI is InChI=1S/C21H18N4O5/c1-10-7-8-12(25(29)30)9-15(10)24-18(26)16-11(2)23-21(17(16)19(24)27)13-5-3-4-6-14(13)22-20(21)28/h3-9,11,16-17,23H,1-2H3,(H,22,28)/p+1/t11-,16-,17-,21+/m0/s1. The average Bonchev–Trinajstić information content (AvgIpc) is 3.27. The minimum atomic E-state index is -1.23. The SMILES string of the molecule is Cc1ccc([N+](=O)[O-])cc1N1C(=O)[C@H]2[C@H](C)[NH2+][C@@]3(C(=O)Nc4ccccc43)[C@@H]2C1=O. The number of nitro groups is 1. The van der Waals surface area contributed by atoms with Gasteiger partial charge in [0.2, 0.25) is 17.4 Å². The highest BCUT2D eigenvalue weighted by Gasteiger charge is 2.73. The molecule has 0 bridgehead atoms. The lowest BCUT2D eigenvalue weighted by Crippen LogP contribution is -2.98. The van der Waals surface area contributed by atoms with Crippen LogP contribution in [0.3, 0.4) is 0 Å². The molecule has 0 aliphatic carbocycles. The molecule has 4 atom stereocenters. The first-order chi connectivity index (χ1) is 14.3. The molecule has 2 fully saturated rings. The zero-order chi connectivity index (χ0) is 21.4. The first-order valence-corrected chi connectivity index (χ1v) is 9.67. The first kappa shape index (κ1) is 18.4. The van der Waals surface area contributed by atoms with Gasteiger partial charge in [0.05, 0.1) is 22.3 Å². The molecule has 3 heterocycles. The number of nitro benzene ring substituents is 1. The molecule has 3 N–H and O–H groups in total. The Labute approximate surface area is 171 Å². The predicted octanol–water partition coefficient (Wildman–Crippen LogP) is 0.822. The van der Waals surface area contributed by atoms with E-state index in [1.165, 1.54) is 18.2 Å². The van der Waals surface area contributed by atoms with Gasteiger partial charge in [0.25, 0.3) is 11.6 Å². The first-order valence-electron chi connectivity index (χ1n) is 9.67. The second-order valence-electron chi connectivity index (χ2n) is 8.14. The monoisotopic (exact) mass is 407 g/mol. The summed E-state index contributed by atoms with van der Waals surface area (Å²) in [6.45, 7) is 3.52. The van der Waals surface area contributed by atoms with Crippen LogP contribution in [0.2, 0.25) is 0 Å². The molecule has 1 spiro atoms. The lowest BCUT2D eigenvalue weighted by Gasteiger charge is -2.26. The Balaban J connectivity index is 1.67. The van der Waals surface area contributed by atoms with Gasteiger partial charge in [-0.15, -0.1) is 0 Å². The summed E-state index contributed by atoms with van der Waals surface area (Å²) in [6.07, 6.45) is 0. The Morgan fingerprint density at radius 3 is 2.60 bits per heavy atom. The minimum absolute atomic E-state index is 0.197. The summed E-state index contributed by atoms with van der Waals surface area (Å²) in [4.78, 5) is 51.9. The summed E-state index contributed by atoms with van der Waals surface area (Å²) in [5, 5.41) is 15.9. The largest absolute Gasteiger partial charge is 0.326 e. The molecule has 5 rings (SSSR count). The molecule has 2 aromatic rings. The van der Waals surface area contributed by atoms with Gasteiger partial charge in [-0.3, -0.25) is 24.5 Å². The number of para-hydroxylation sites is 1. The Morgan fingerprint density at radius 2 is 1.87 bits per heavy atom. The average molecular weight is 407 g/mol. The van der Waals surface area contributed by atoms with Crippen molar-refractivity contribution in [1.82, 2.24) is 0 Å². The van der Waals surface area contributed by atoms with E-state index < -0.39 is 34.1 Å². The van der Waals surface area contributed by atoms with E-state index in [0.29, 0.717) is 16.8 Å². The maximum atomic E-state index is 13.6. The number of imide groups is 1. The van der Waals surface area contributed by atoms with Crippen LogP contribution in [0.15, 0.2) is 42.5 Å². The fourth-order valence-corrected chi connectivity index (χ4v) is 5.29. The minimum Gasteiger partial charge on any atom is -0.326 e. The van der Waals surface area contributed by atoms with E-state index in [1.807, 2.05) is 12.2 Å². The second-order valence-corrected chi connectivity index (χ2v) is 8.14. The van der Waals surface area contributed by atoms with Gasteiger partial charge in [0.1, 0.15) is 11.8 Å². The molecule has 152 valence electrons. The molecule has 2 saturated heterocycles. The topological polar surface area (TPSA) is 126 Å². The van der Waals surface area contributed by atoms with Crippen molar-refractivity contribution in [2.24, 2.45) is 11.8 Å². The highest BCUT2D eigenvalue weighted by atomic mass is 16.6. The quantitative estimate of drug-likeness (QED) is 0.433. The van der Waals surface area contributed by atoms with Gasteiger partial charge in [0, 0.05) is 17.7 Å². The summed E-state index contributed by atoms with van der Waals surface area (Å²) in [5.41, 5.74) is 0.667. The molecular formula is C21H19N4O5+. The summed E-state index contributed by atoms with van der Waals surface area (Å²) >= 11 is 0. The highest BCUT2D eigenvalue weighted by molar-refractivity contribution is 6.25.